The summed E-state index contributed by atoms with van der Waals surface area (Å²) in [7, 11) is 0. The highest BCUT2D eigenvalue weighted by Gasteiger charge is 2.21. The van der Waals surface area contributed by atoms with Crippen LogP contribution in [0.2, 0.25) is 0 Å². The van der Waals surface area contributed by atoms with Gasteiger partial charge in [-0.3, -0.25) is 9.36 Å². The lowest BCUT2D eigenvalue weighted by Gasteiger charge is -2.16. The molecule has 5 nitrogen and oxygen atoms in total. The first-order valence-electron chi connectivity index (χ1n) is 11.2. The van der Waals surface area contributed by atoms with Gasteiger partial charge in [-0.05, 0) is 68.1 Å². The number of ether oxygens (including phenoxy) is 1. The quantitative estimate of drug-likeness (QED) is 0.402. The number of pyridine rings is 1. The van der Waals surface area contributed by atoms with E-state index < -0.39 is 22.9 Å². The molecule has 8 heteroatoms. The number of hydrogen-bond donors (Lipinski definition) is 0. The van der Waals surface area contributed by atoms with Crippen molar-refractivity contribution in [2.24, 2.45) is 0 Å². The van der Waals surface area contributed by atoms with Crippen molar-refractivity contribution >= 4 is 11.0 Å². The first-order chi connectivity index (χ1) is 16.4. The Morgan fingerprint density at radius 1 is 1.06 bits per heavy atom. The van der Waals surface area contributed by atoms with Crippen molar-refractivity contribution in [3.8, 4) is 16.9 Å². The Morgan fingerprint density at radius 3 is 2.56 bits per heavy atom. The molecule has 1 aliphatic rings. The molecule has 1 unspecified atom stereocenters. The van der Waals surface area contributed by atoms with Gasteiger partial charge in [0.2, 0.25) is 0 Å². The van der Waals surface area contributed by atoms with Crippen molar-refractivity contribution in [2.45, 2.75) is 38.7 Å². The number of nitrogens with zero attached hydrogens (tertiary/aromatic N) is 3. The van der Waals surface area contributed by atoms with Gasteiger partial charge in [-0.25, -0.2) is 23.1 Å². The maximum absolute atomic E-state index is 14.7. The number of fused-ring (bicyclic) bond motifs is 1. The largest absolute Gasteiger partial charge is 0.378 e. The average Bonchev–Trinajstić information content (AvgIpc) is 3.32. The third kappa shape index (κ3) is 4.09. The van der Waals surface area contributed by atoms with Crippen LogP contribution in [0.4, 0.5) is 13.2 Å². The Kier molecular flexibility index (Phi) is 5.91. The van der Waals surface area contributed by atoms with Crippen LogP contribution in [-0.2, 0) is 11.2 Å². The number of benzene rings is 2. The maximum Gasteiger partial charge on any atom is 0.256 e. The van der Waals surface area contributed by atoms with Crippen LogP contribution < -0.4 is 5.56 Å². The van der Waals surface area contributed by atoms with E-state index in [0.29, 0.717) is 40.9 Å². The second-order valence-corrected chi connectivity index (χ2v) is 8.44. The summed E-state index contributed by atoms with van der Waals surface area (Å²) in [6.45, 7) is 2.47. The van der Waals surface area contributed by atoms with Crippen LogP contribution in [0.5, 0.6) is 0 Å². The summed E-state index contributed by atoms with van der Waals surface area (Å²) in [6.07, 6.45) is 3.17. The monoisotopic (exact) mass is 465 g/mol. The SMILES string of the molecule is Cc1cc(F)ccc1-c1nc(CCC2CCCO2)nc2c1ccc(=O)n2-c1c(F)cccc1F. The number of halogens is 3. The van der Waals surface area contributed by atoms with Crippen LogP contribution in [0.25, 0.3) is 28.0 Å². The van der Waals surface area contributed by atoms with Crippen LogP contribution >= 0.6 is 0 Å². The standard InChI is InChI=1S/C26H22F3N3O2/c1-15-14-16(27)7-9-18(15)24-19-10-12-23(33)32(25-20(28)5-2-6-21(25)29)26(19)31-22(30-24)11-8-17-4-3-13-34-17/h2,5-7,9-10,12,14,17H,3-4,8,11,13H2,1H3. The fourth-order valence-electron chi connectivity index (χ4n) is 4.45. The molecule has 5 rings (SSSR count). The smallest absolute Gasteiger partial charge is 0.256 e. The van der Waals surface area contributed by atoms with Gasteiger partial charge in [0.05, 0.1) is 11.8 Å². The molecule has 0 radical (unpaired) electrons. The average molecular weight is 465 g/mol. The molecule has 3 heterocycles. The third-order valence-electron chi connectivity index (χ3n) is 6.12. The maximum atomic E-state index is 14.7. The fourth-order valence-corrected chi connectivity index (χ4v) is 4.45. The molecule has 174 valence electrons. The van der Waals surface area contributed by atoms with Crippen molar-refractivity contribution in [2.75, 3.05) is 6.61 Å². The predicted molar refractivity (Wildman–Crippen MR) is 122 cm³/mol. The van der Waals surface area contributed by atoms with Crippen LogP contribution in [0.1, 0.15) is 30.7 Å². The van der Waals surface area contributed by atoms with E-state index in [9.17, 15) is 18.0 Å². The summed E-state index contributed by atoms with van der Waals surface area (Å²) >= 11 is 0. The van der Waals surface area contributed by atoms with Crippen LogP contribution in [0.3, 0.4) is 0 Å². The zero-order chi connectivity index (χ0) is 23.8. The zero-order valence-electron chi connectivity index (χ0n) is 18.5. The van der Waals surface area contributed by atoms with Gasteiger partial charge in [-0.1, -0.05) is 6.07 Å². The Balaban J connectivity index is 1.77. The van der Waals surface area contributed by atoms with E-state index in [1.165, 1.54) is 30.3 Å². The molecule has 0 amide bonds. The highest BCUT2D eigenvalue weighted by Crippen LogP contribution is 2.31. The van der Waals surface area contributed by atoms with E-state index in [0.717, 1.165) is 36.1 Å². The number of para-hydroxylation sites is 1. The number of rotatable bonds is 5. The molecule has 1 aliphatic heterocycles. The van der Waals surface area contributed by atoms with Crippen LogP contribution in [0, 0.1) is 24.4 Å². The van der Waals surface area contributed by atoms with E-state index in [1.807, 2.05) is 0 Å². The molecular weight excluding hydrogens is 443 g/mol. The molecule has 1 atom stereocenters. The molecule has 34 heavy (non-hydrogen) atoms. The molecule has 2 aromatic heterocycles. The lowest BCUT2D eigenvalue weighted by molar-refractivity contribution is 0.104. The van der Waals surface area contributed by atoms with Gasteiger partial charge in [0.1, 0.15) is 29.0 Å². The van der Waals surface area contributed by atoms with Gasteiger partial charge in [0, 0.05) is 30.0 Å². The Labute approximate surface area is 193 Å². The molecule has 1 fully saturated rings. The molecule has 0 saturated carbocycles. The van der Waals surface area contributed by atoms with Crippen molar-refractivity contribution in [1.82, 2.24) is 14.5 Å². The molecule has 0 bridgehead atoms. The van der Waals surface area contributed by atoms with Gasteiger partial charge < -0.3 is 4.74 Å². The van der Waals surface area contributed by atoms with Gasteiger partial charge in [-0.15, -0.1) is 0 Å². The molecular formula is C26H22F3N3O2. The van der Waals surface area contributed by atoms with Crippen molar-refractivity contribution < 1.29 is 17.9 Å². The van der Waals surface area contributed by atoms with Gasteiger partial charge >= 0.3 is 0 Å². The second-order valence-electron chi connectivity index (χ2n) is 8.44. The lowest BCUT2D eigenvalue weighted by atomic mass is 10.0. The summed E-state index contributed by atoms with van der Waals surface area (Å²) in [5.74, 6) is -1.73. The van der Waals surface area contributed by atoms with Crippen molar-refractivity contribution in [3.63, 3.8) is 0 Å². The summed E-state index contributed by atoms with van der Waals surface area (Å²) in [5, 5.41) is 0.429. The molecule has 2 aromatic carbocycles. The Bertz CT molecular complexity index is 1430. The van der Waals surface area contributed by atoms with Gasteiger partial charge in [0.25, 0.3) is 5.56 Å². The van der Waals surface area contributed by atoms with E-state index in [4.69, 9.17) is 9.72 Å². The Hall–Kier alpha value is -3.52. The number of aromatic nitrogens is 3. The topological polar surface area (TPSA) is 57.0 Å². The van der Waals surface area contributed by atoms with Crippen molar-refractivity contribution in [3.05, 3.63) is 87.7 Å². The summed E-state index contributed by atoms with van der Waals surface area (Å²) < 4.78 is 49.9. The first kappa shape index (κ1) is 22.3. The molecule has 0 aliphatic carbocycles. The summed E-state index contributed by atoms with van der Waals surface area (Å²) in [5.41, 5.74) is 0.722. The summed E-state index contributed by atoms with van der Waals surface area (Å²) in [4.78, 5) is 22.2. The molecule has 4 aromatic rings. The lowest BCUT2D eigenvalue weighted by Crippen LogP contribution is -2.22. The normalized spacial score (nSPS) is 15.8. The van der Waals surface area contributed by atoms with E-state index in [2.05, 4.69) is 4.98 Å². The second kappa shape index (κ2) is 9.02. The van der Waals surface area contributed by atoms with E-state index in [-0.39, 0.29) is 17.6 Å². The molecule has 1 saturated heterocycles. The zero-order valence-corrected chi connectivity index (χ0v) is 18.5. The minimum absolute atomic E-state index is 0.0903. The number of hydrogen-bond acceptors (Lipinski definition) is 4. The van der Waals surface area contributed by atoms with Gasteiger partial charge in [-0.2, -0.15) is 0 Å². The van der Waals surface area contributed by atoms with Gasteiger partial charge in [0.15, 0.2) is 5.65 Å². The van der Waals surface area contributed by atoms with Crippen LogP contribution in [-0.4, -0.2) is 27.2 Å². The predicted octanol–water partition coefficient (Wildman–Crippen LogP) is 5.29. The number of aryl methyl sites for hydroxylation is 2. The Morgan fingerprint density at radius 2 is 1.85 bits per heavy atom. The highest BCUT2D eigenvalue weighted by molar-refractivity contribution is 5.92. The molecule has 0 spiro atoms. The third-order valence-corrected chi connectivity index (χ3v) is 6.12. The van der Waals surface area contributed by atoms with Crippen LogP contribution in [0.15, 0.2) is 53.3 Å². The summed E-state index contributed by atoms with van der Waals surface area (Å²) in [6, 6.07) is 10.5. The first-order valence-corrected chi connectivity index (χ1v) is 11.2. The van der Waals surface area contributed by atoms with Crippen molar-refractivity contribution in [1.29, 1.82) is 0 Å². The fraction of sp³-hybridized carbons (Fsp3) is 0.269. The minimum atomic E-state index is -0.881. The highest BCUT2D eigenvalue weighted by atomic mass is 19.1. The van der Waals surface area contributed by atoms with E-state index in [1.54, 1.807) is 13.0 Å². The minimum Gasteiger partial charge on any atom is -0.378 e. The van der Waals surface area contributed by atoms with E-state index >= 15 is 0 Å². The molecule has 0 N–H and O–H groups in total.